The van der Waals surface area contributed by atoms with Gasteiger partial charge >= 0.3 is 0 Å². The highest BCUT2D eigenvalue weighted by atomic mass is 16.3. The second kappa shape index (κ2) is 2.63. The quantitative estimate of drug-likeness (QED) is 0.575. The highest BCUT2D eigenvalue weighted by molar-refractivity contribution is 5.98. The molecule has 0 spiro atoms. The molecule has 0 saturated carbocycles. The Balaban J connectivity index is 2.53. The molecule has 0 bridgehead atoms. The van der Waals surface area contributed by atoms with Crippen LogP contribution in [0, 0.1) is 0 Å². The van der Waals surface area contributed by atoms with Crippen LogP contribution in [0.2, 0.25) is 0 Å². The zero-order valence-corrected chi connectivity index (χ0v) is 6.67. The van der Waals surface area contributed by atoms with Crippen LogP contribution in [-0.4, -0.2) is 5.78 Å². The first-order valence-electron chi connectivity index (χ1n) is 4.10. The van der Waals surface area contributed by atoms with Gasteiger partial charge in [0.05, 0.1) is 0 Å². The molecule has 0 aromatic heterocycles. The largest absolute Gasteiger partial charge is 0.294 e. The number of aryl methyl sites for hydroxylation is 1. The molecular formula is C10H9O2. The summed E-state index contributed by atoms with van der Waals surface area (Å²) in [5, 5.41) is 10.9. The van der Waals surface area contributed by atoms with E-state index >= 15 is 0 Å². The lowest BCUT2D eigenvalue weighted by Crippen LogP contribution is -2.09. The van der Waals surface area contributed by atoms with Crippen LogP contribution in [0.1, 0.15) is 28.8 Å². The lowest BCUT2D eigenvalue weighted by atomic mass is 9.91. The van der Waals surface area contributed by atoms with Crippen molar-refractivity contribution in [2.75, 3.05) is 0 Å². The van der Waals surface area contributed by atoms with Crippen molar-refractivity contribution in [1.29, 1.82) is 0 Å². The van der Waals surface area contributed by atoms with Gasteiger partial charge in [0.2, 0.25) is 0 Å². The number of carbonyl (C=O) groups is 1. The summed E-state index contributed by atoms with van der Waals surface area (Å²) in [7, 11) is 0. The maximum atomic E-state index is 11.3. The van der Waals surface area contributed by atoms with Gasteiger partial charge < -0.3 is 0 Å². The molecule has 0 amide bonds. The van der Waals surface area contributed by atoms with Crippen LogP contribution in [0.3, 0.4) is 0 Å². The lowest BCUT2D eigenvalue weighted by molar-refractivity contribution is 0.0972. The van der Waals surface area contributed by atoms with Crippen LogP contribution in [-0.2, 0) is 11.5 Å². The normalized spacial score (nSPS) is 15.8. The third-order valence-electron chi connectivity index (χ3n) is 2.23. The van der Waals surface area contributed by atoms with E-state index in [0.717, 1.165) is 24.0 Å². The van der Waals surface area contributed by atoms with E-state index in [1.54, 1.807) is 12.1 Å². The molecule has 0 N–H and O–H groups in total. The topological polar surface area (TPSA) is 37.0 Å². The number of benzene rings is 1. The van der Waals surface area contributed by atoms with Gasteiger partial charge in [-0.3, -0.25) is 9.90 Å². The number of carbonyl (C=O) groups excluding carboxylic acids is 1. The Hall–Kier alpha value is -1.31. The van der Waals surface area contributed by atoms with E-state index in [1.165, 1.54) is 6.07 Å². The van der Waals surface area contributed by atoms with Gasteiger partial charge in [0.25, 0.3) is 0 Å². The summed E-state index contributed by atoms with van der Waals surface area (Å²) in [4.78, 5) is 11.3. The summed E-state index contributed by atoms with van der Waals surface area (Å²) < 4.78 is 0. The molecule has 1 aromatic rings. The predicted octanol–water partition coefficient (Wildman–Crippen LogP) is 2.35. The third kappa shape index (κ3) is 1.09. The van der Waals surface area contributed by atoms with E-state index in [4.69, 9.17) is 0 Å². The molecule has 61 valence electrons. The van der Waals surface area contributed by atoms with Gasteiger partial charge in [-0.25, -0.2) is 0 Å². The number of ketones is 1. The van der Waals surface area contributed by atoms with Crippen molar-refractivity contribution in [2.24, 2.45) is 0 Å². The van der Waals surface area contributed by atoms with Crippen LogP contribution in [0.4, 0.5) is 0 Å². The van der Waals surface area contributed by atoms with Crippen LogP contribution in [0.5, 0.6) is 5.75 Å². The maximum absolute atomic E-state index is 11.3. The average Bonchev–Trinajstić information content (AvgIpc) is 2.04. The minimum Gasteiger partial charge on any atom is -0.294 e. The molecule has 2 heteroatoms. The van der Waals surface area contributed by atoms with Gasteiger partial charge in [0.1, 0.15) is 0 Å². The highest BCUT2D eigenvalue weighted by Gasteiger charge is 2.16. The number of rotatable bonds is 0. The minimum atomic E-state index is 0.00319. The van der Waals surface area contributed by atoms with Crippen LogP contribution in [0.25, 0.3) is 0 Å². The summed E-state index contributed by atoms with van der Waals surface area (Å²) in [5.41, 5.74) is 1.68. The molecule has 1 aliphatic carbocycles. The van der Waals surface area contributed by atoms with E-state index in [-0.39, 0.29) is 11.5 Å². The van der Waals surface area contributed by atoms with E-state index in [2.05, 4.69) is 0 Å². The molecule has 2 rings (SSSR count). The standard InChI is InChI=1S/C10H9O2/c11-8-4-5-9-7(6-8)2-1-3-10(9)12/h4-6H,1-3H2. The number of hydrogen-bond donors (Lipinski definition) is 0. The first-order valence-corrected chi connectivity index (χ1v) is 4.10. The van der Waals surface area contributed by atoms with Gasteiger partial charge in [-0.05, 0) is 36.6 Å². The molecule has 0 atom stereocenters. The Labute approximate surface area is 70.8 Å². The van der Waals surface area contributed by atoms with Crippen LogP contribution in [0.15, 0.2) is 18.2 Å². The second-order valence-electron chi connectivity index (χ2n) is 3.10. The number of Topliss-reactive ketones (excluding diaryl/α,β-unsaturated/α-hetero) is 1. The van der Waals surface area contributed by atoms with Gasteiger partial charge in [-0.2, -0.15) is 0 Å². The fraction of sp³-hybridized carbons (Fsp3) is 0.300. The SMILES string of the molecule is [O]c1ccc2c(c1)CCCC2=O. The van der Waals surface area contributed by atoms with Gasteiger partial charge in [0, 0.05) is 12.0 Å². The Morgan fingerprint density at radius 1 is 1.17 bits per heavy atom. The van der Waals surface area contributed by atoms with E-state index in [0.29, 0.717) is 6.42 Å². The van der Waals surface area contributed by atoms with Crippen molar-refractivity contribution in [3.8, 4) is 5.75 Å². The fourth-order valence-corrected chi connectivity index (χ4v) is 1.62. The highest BCUT2D eigenvalue weighted by Crippen LogP contribution is 2.24. The van der Waals surface area contributed by atoms with Crippen molar-refractivity contribution in [1.82, 2.24) is 0 Å². The van der Waals surface area contributed by atoms with Crippen molar-refractivity contribution in [2.45, 2.75) is 19.3 Å². The predicted molar refractivity (Wildman–Crippen MR) is 43.8 cm³/mol. The average molecular weight is 161 g/mol. The fourth-order valence-electron chi connectivity index (χ4n) is 1.62. The van der Waals surface area contributed by atoms with Crippen LogP contribution >= 0.6 is 0 Å². The lowest BCUT2D eigenvalue weighted by Gasteiger charge is -2.13. The summed E-state index contributed by atoms with van der Waals surface area (Å²) in [6.07, 6.45) is 2.39. The van der Waals surface area contributed by atoms with Gasteiger partial charge in [-0.15, -0.1) is 0 Å². The first kappa shape index (κ1) is 7.35. The number of hydrogen-bond acceptors (Lipinski definition) is 1. The Kier molecular flexibility index (Phi) is 1.61. The Bertz CT molecular complexity index is 329. The van der Waals surface area contributed by atoms with Crippen molar-refractivity contribution < 1.29 is 9.90 Å². The zero-order valence-electron chi connectivity index (χ0n) is 6.67. The molecule has 0 unspecified atom stereocenters. The molecule has 0 saturated heterocycles. The first-order chi connectivity index (χ1) is 5.77. The molecule has 1 aromatic carbocycles. The summed E-state index contributed by atoms with van der Waals surface area (Å²) in [6.45, 7) is 0. The number of fused-ring (bicyclic) bond motifs is 1. The van der Waals surface area contributed by atoms with E-state index in [1.807, 2.05) is 0 Å². The van der Waals surface area contributed by atoms with Crippen molar-refractivity contribution in [3.63, 3.8) is 0 Å². The Morgan fingerprint density at radius 3 is 2.83 bits per heavy atom. The van der Waals surface area contributed by atoms with Crippen molar-refractivity contribution >= 4 is 5.78 Å². The zero-order chi connectivity index (χ0) is 8.55. The molecule has 0 aliphatic heterocycles. The van der Waals surface area contributed by atoms with Gasteiger partial charge in [-0.1, -0.05) is 0 Å². The second-order valence-corrected chi connectivity index (χ2v) is 3.10. The summed E-state index contributed by atoms with van der Waals surface area (Å²) in [5.74, 6) is 0.180. The smallest absolute Gasteiger partial charge is 0.178 e. The molecule has 12 heavy (non-hydrogen) atoms. The molecule has 1 radical (unpaired) electrons. The molecule has 0 fully saturated rings. The summed E-state index contributed by atoms with van der Waals surface area (Å²) in [6, 6.07) is 4.69. The summed E-state index contributed by atoms with van der Waals surface area (Å²) >= 11 is 0. The molecule has 0 heterocycles. The van der Waals surface area contributed by atoms with Crippen LogP contribution < -0.4 is 0 Å². The maximum Gasteiger partial charge on any atom is 0.178 e. The molecule has 2 nitrogen and oxygen atoms in total. The van der Waals surface area contributed by atoms with Gasteiger partial charge in [0.15, 0.2) is 11.5 Å². The van der Waals surface area contributed by atoms with E-state index in [9.17, 15) is 9.90 Å². The monoisotopic (exact) mass is 161 g/mol. The molecule has 1 aliphatic rings. The Morgan fingerprint density at radius 2 is 2.00 bits per heavy atom. The van der Waals surface area contributed by atoms with Crippen molar-refractivity contribution in [3.05, 3.63) is 29.3 Å². The minimum absolute atomic E-state index is 0.00319. The third-order valence-corrected chi connectivity index (χ3v) is 2.23. The van der Waals surface area contributed by atoms with E-state index < -0.39 is 0 Å². The molecular weight excluding hydrogens is 152 g/mol.